The molecule has 0 aliphatic rings. The number of para-hydroxylation sites is 1. The van der Waals surface area contributed by atoms with Crippen LogP contribution in [0.2, 0.25) is 0 Å². The average Bonchev–Trinajstić information content (AvgIpc) is 2.42. The minimum atomic E-state index is 0.367. The lowest BCUT2D eigenvalue weighted by Crippen LogP contribution is -1.97. The van der Waals surface area contributed by atoms with Crippen molar-refractivity contribution in [1.29, 1.82) is 0 Å². The topological polar surface area (TPSA) is 38.3 Å². The predicted molar refractivity (Wildman–Crippen MR) is 72.5 cm³/mol. The summed E-state index contributed by atoms with van der Waals surface area (Å²) in [6.45, 7) is 0. The lowest BCUT2D eigenvalue weighted by Gasteiger charge is -2.12. The van der Waals surface area contributed by atoms with Gasteiger partial charge in [-0.25, -0.2) is 0 Å². The van der Waals surface area contributed by atoms with Crippen LogP contribution in [0.15, 0.2) is 48.5 Å². The van der Waals surface area contributed by atoms with Crippen molar-refractivity contribution in [1.82, 2.24) is 0 Å². The molecule has 0 fully saturated rings. The van der Waals surface area contributed by atoms with Gasteiger partial charge in [0, 0.05) is 17.8 Å². The molecular formula is C15H15NO2. The van der Waals surface area contributed by atoms with Gasteiger partial charge in [0.25, 0.3) is 0 Å². The van der Waals surface area contributed by atoms with Crippen molar-refractivity contribution in [2.75, 3.05) is 12.4 Å². The normalized spacial score (nSPS) is 9.83. The zero-order valence-corrected chi connectivity index (χ0v) is 10.2. The zero-order valence-electron chi connectivity index (χ0n) is 10.2. The first kappa shape index (κ1) is 12.2. The van der Waals surface area contributed by atoms with E-state index < -0.39 is 0 Å². The summed E-state index contributed by atoms with van der Waals surface area (Å²) in [6, 6.07) is 15.5. The number of hydrogen-bond acceptors (Lipinski definition) is 3. The highest BCUT2D eigenvalue weighted by atomic mass is 16.5. The van der Waals surface area contributed by atoms with E-state index in [1.807, 2.05) is 48.5 Å². The molecule has 0 radical (unpaired) electrons. The van der Waals surface area contributed by atoms with Gasteiger partial charge in [-0.15, -0.1) is 0 Å². The Morgan fingerprint density at radius 3 is 2.61 bits per heavy atom. The van der Waals surface area contributed by atoms with Crippen molar-refractivity contribution in [3.05, 3.63) is 54.1 Å². The fourth-order valence-corrected chi connectivity index (χ4v) is 1.75. The molecular weight excluding hydrogens is 226 g/mol. The molecule has 0 bridgehead atoms. The number of ether oxygens (including phenoxy) is 1. The molecule has 2 rings (SSSR count). The van der Waals surface area contributed by atoms with Crippen molar-refractivity contribution in [2.24, 2.45) is 0 Å². The Bertz CT molecular complexity index is 523. The quantitative estimate of drug-likeness (QED) is 0.817. The molecule has 0 aliphatic carbocycles. The maximum absolute atomic E-state index is 10.7. The maximum Gasteiger partial charge on any atom is 0.124 e. The van der Waals surface area contributed by atoms with E-state index >= 15 is 0 Å². The molecule has 0 spiro atoms. The summed E-state index contributed by atoms with van der Waals surface area (Å²) >= 11 is 0. The van der Waals surface area contributed by atoms with Gasteiger partial charge in [0.1, 0.15) is 12.0 Å². The van der Waals surface area contributed by atoms with Crippen molar-refractivity contribution in [3.63, 3.8) is 0 Å². The number of nitrogens with one attached hydrogen (secondary N) is 1. The van der Waals surface area contributed by atoms with Crippen LogP contribution in [-0.4, -0.2) is 13.4 Å². The molecule has 1 N–H and O–H groups in total. The van der Waals surface area contributed by atoms with Crippen LogP contribution >= 0.6 is 0 Å². The first-order valence-corrected chi connectivity index (χ1v) is 5.76. The summed E-state index contributed by atoms with van der Waals surface area (Å²) < 4.78 is 5.16. The SMILES string of the molecule is COc1ccc(Nc2ccccc2)c(CC=O)c1. The van der Waals surface area contributed by atoms with Gasteiger partial charge in [0.15, 0.2) is 0 Å². The summed E-state index contributed by atoms with van der Waals surface area (Å²) in [5.74, 6) is 0.755. The number of rotatable bonds is 5. The van der Waals surface area contributed by atoms with E-state index in [-0.39, 0.29) is 0 Å². The molecule has 0 atom stereocenters. The third-order valence-corrected chi connectivity index (χ3v) is 2.67. The van der Waals surface area contributed by atoms with Crippen molar-refractivity contribution in [3.8, 4) is 5.75 Å². The van der Waals surface area contributed by atoms with Crippen LogP contribution in [0.5, 0.6) is 5.75 Å². The third kappa shape index (κ3) is 2.88. The number of anilines is 2. The van der Waals surface area contributed by atoms with Gasteiger partial charge < -0.3 is 14.8 Å². The van der Waals surface area contributed by atoms with Gasteiger partial charge in [-0.2, -0.15) is 0 Å². The summed E-state index contributed by atoms with van der Waals surface area (Å²) in [4.78, 5) is 10.7. The minimum absolute atomic E-state index is 0.367. The Hall–Kier alpha value is -2.29. The van der Waals surface area contributed by atoms with Crippen LogP contribution in [0, 0.1) is 0 Å². The fourth-order valence-electron chi connectivity index (χ4n) is 1.75. The molecule has 0 unspecified atom stereocenters. The number of hydrogen-bond donors (Lipinski definition) is 1. The first-order valence-electron chi connectivity index (χ1n) is 5.76. The van der Waals surface area contributed by atoms with Crippen LogP contribution in [-0.2, 0) is 11.2 Å². The van der Waals surface area contributed by atoms with E-state index in [0.717, 1.165) is 29.0 Å². The summed E-state index contributed by atoms with van der Waals surface area (Å²) in [7, 11) is 1.62. The average molecular weight is 241 g/mol. The number of benzene rings is 2. The number of aldehydes is 1. The molecule has 92 valence electrons. The van der Waals surface area contributed by atoms with E-state index in [4.69, 9.17) is 4.74 Å². The van der Waals surface area contributed by atoms with Crippen LogP contribution in [0.4, 0.5) is 11.4 Å². The van der Waals surface area contributed by atoms with Crippen LogP contribution in [0.3, 0.4) is 0 Å². The molecule has 0 aromatic heterocycles. The standard InChI is InChI=1S/C15H15NO2/c1-18-14-7-8-15(12(11-14)9-10-17)16-13-5-3-2-4-6-13/h2-8,10-11,16H,9H2,1H3. The molecule has 18 heavy (non-hydrogen) atoms. The van der Waals surface area contributed by atoms with Crippen molar-refractivity contribution in [2.45, 2.75) is 6.42 Å². The van der Waals surface area contributed by atoms with Gasteiger partial charge in [-0.1, -0.05) is 18.2 Å². The van der Waals surface area contributed by atoms with Gasteiger partial charge in [0.05, 0.1) is 7.11 Å². The van der Waals surface area contributed by atoms with E-state index in [1.165, 1.54) is 0 Å². The lowest BCUT2D eigenvalue weighted by molar-refractivity contribution is -0.107. The molecule has 0 heterocycles. The van der Waals surface area contributed by atoms with Crippen LogP contribution < -0.4 is 10.1 Å². The minimum Gasteiger partial charge on any atom is -0.497 e. The maximum atomic E-state index is 10.7. The largest absolute Gasteiger partial charge is 0.497 e. The molecule has 0 saturated carbocycles. The van der Waals surface area contributed by atoms with E-state index in [1.54, 1.807) is 7.11 Å². The summed E-state index contributed by atoms with van der Waals surface area (Å²) in [5, 5.41) is 3.29. The molecule has 0 amide bonds. The number of carbonyl (C=O) groups excluding carboxylic acids is 1. The lowest BCUT2D eigenvalue weighted by atomic mass is 10.1. The second kappa shape index (κ2) is 5.87. The van der Waals surface area contributed by atoms with Gasteiger partial charge >= 0.3 is 0 Å². The molecule has 2 aromatic rings. The number of carbonyl (C=O) groups is 1. The zero-order chi connectivity index (χ0) is 12.8. The molecule has 3 heteroatoms. The highest BCUT2D eigenvalue weighted by Gasteiger charge is 2.04. The Kier molecular flexibility index (Phi) is 3.97. The molecule has 0 aliphatic heterocycles. The predicted octanol–water partition coefficient (Wildman–Crippen LogP) is 3.18. The van der Waals surface area contributed by atoms with Crippen molar-refractivity contribution < 1.29 is 9.53 Å². The fraction of sp³-hybridized carbons (Fsp3) is 0.133. The Morgan fingerprint density at radius 2 is 1.94 bits per heavy atom. The molecule has 3 nitrogen and oxygen atoms in total. The molecule has 2 aromatic carbocycles. The summed E-state index contributed by atoms with van der Waals surface area (Å²) in [5.41, 5.74) is 2.84. The second-order valence-electron chi connectivity index (χ2n) is 3.88. The van der Waals surface area contributed by atoms with Gasteiger partial charge in [-0.3, -0.25) is 0 Å². The van der Waals surface area contributed by atoms with E-state index in [9.17, 15) is 4.79 Å². The van der Waals surface area contributed by atoms with Gasteiger partial charge in [-0.05, 0) is 35.9 Å². The second-order valence-corrected chi connectivity index (χ2v) is 3.88. The third-order valence-electron chi connectivity index (χ3n) is 2.67. The smallest absolute Gasteiger partial charge is 0.124 e. The Labute approximate surface area is 106 Å². The first-order chi connectivity index (χ1) is 8.83. The Balaban J connectivity index is 2.29. The van der Waals surface area contributed by atoms with E-state index in [0.29, 0.717) is 6.42 Å². The monoisotopic (exact) mass is 241 g/mol. The highest BCUT2D eigenvalue weighted by molar-refractivity contribution is 5.69. The Morgan fingerprint density at radius 1 is 1.17 bits per heavy atom. The number of methoxy groups -OCH3 is 1. The van der Waals surface area contributed by atoms with Gasteiger partial charge in [0.2, 0.25) is 0 Å². The van der Waals surface area contributed by atoms with Crippen LogP contribution in [0.25, 0.3) is 0 Å². The van der Waals surface area contributed by atoms with E-state index in [2.05, 4.69) is 5.32 Å². The highest BCUT2D eigenvalue weighted by Crippen LogP contribution is 2.25. The summed E-state index contributed by atoms with van der Waals surface area (Å²) in [6.07, 6.45) is 1.26. The molecule has 0 saturated heterocycles. The van der Waals surface area contributed by atoms with Crippen LogP contribution in [0.1, 0.15) is 5.56 Å². The van der Waals surface area contributed by atoms with Crippen molar-refractivity contribution >= 4 is 17.7 Å².